The molecule has 1 atom stereocenters. The van der Waals surface area contributed by atoms with Crippen LogP contribution in [-0.2, 0) is 23.9 Å². The smallest absolute Gasteiger partial charge is 0.306 e. The Hall–Kier alpha value is -2.09. The summed E-state index contributed by atoms with van der Waals surface area (Å²) in [6, 6.07) is 0. The number of hydrogen-bond donors (Lipinski definition) is 0. The van der Waals surface area contributed by atoms with Crippen molar-refractivity contribution in [1.29, 1.82) is 0 Å². The molecule has 0 radical (unpaired) electrons. The quantitative estimate of drug-likeness (QED) is 0.0442. The van der Waals surface area contributed by atoms with Crippen molar-refractivity contribution in [3.63, 3.8) is 0 Å². The van der Waals surface area contributed by atoms with Crippen molar-refractivity contribution < 1.29 is 23.9 Å². The van der Waals surface area contributed by atoms with Crippen LogP contribution >= 0.6 is 0 Å². The minimum Gasteiger partial charge on any atom is -0.462 e. The summed E-state index contributed by atoms with van der Waals surface area (Å²) in [4.78, 5) is 44.5. The molecule has 0 aromatic carbocycles. The zero-order valence-electron chi connectivity index (χ0n) is 42.3. The fourth-order valence-corrected chi connectivity index (χ4v) is 9.02. The molecule has 1 aliphatic carbocycles. The standard InChI is InChI=1S/C54H103N3O5/c1-8-12-15-18-23-30-38-48(11-4)61-52(59)41-33-26-21-28-35-44-57(46-37-43-56(7)50-47-51(58)54(50)55(5)6)45-36-29-22-27-34-42-53(60)62-49(39-31-24-19-16-13-9-2)40-32-25-20-17-14-10-3/h48-49H,8-47H2,1-7H3. The maximum Gasteiger partial charge on any atom is 0.306 e. The van der Waals surface area contributed by atoms with Crippen LogP contribution in [0.5, 0.6) is 0 Å². The number of carbonyl (C=O) groups is 3. The third-order valence-electron chi connectivity index (χ3n) is 13.1. The Kier molecular flexibility index (Phi) is 37.8. The van der Waals surface area contributed by atoms with Crippen LogP contribution < -0.4 is 0 Å². The largest absolute Gasteiger partial charge is 0.462 e. The maximum absolute atomic E-state index is 12.9. The molecular formula is C54H103N3O5. The van der Waals surface area contributed by atoms with Crippen LogP contribution in [0.25, 0.3) is 0 Å². The molecule has 1 rings (SSSR count). The monoisotopic (exact) mass is 874 g/mol. The van der Waals surface area contributed by atoms with E-state index in [0.717, 1.165) is 103 Å². The van der Waals surface area contributed by atoms with E-state index in [9.17, 15) is 14.4 Å². The Bertz CT molecular complexity index is 1110. The van der Waals surface area contributed by atoms with E-state index in [0.29, 0.717) is 19.3 Å². The van der Waals surface area contributed by atoms with Gasteiger partial charge in [-0.3, -0.25) is 14.4 Å². The molecule has 0 heterocycles. The number of ether oxygens (including phenoxy) is 2. The lowest BCUT2D eigenvalue weighted by atomic mass is 9.97. The number of carbonyl (C=O) groups excluding carboxylic acids is 3. The SMILES string of the molecule is CCCCCCCCC(CC)OC(=O)CCCCCCCN(CCCCCCCC(=O)OC(CCCCCCCC)CCCCCCCC)CCCN(C)C1=C(N(C)C)C(=O)C1. The Morgan fingerprint density at radius 3 is 1.26 bits per heavy atom. The van der Waals surface area contributed by atoms with E-state index in [1.807, 2.05) is 19.0 Å². The van der Waals surface area contributed by atoms with Gasteiger partial charge in [0.05, 0.1) is 6.42 Å². The zero-order chi connectivity index (χ0) is 45.5. The molecule has 364 valence electrons. The number of esters is 2. The van der Waals surface area contributed by atoms with Gasteiger partial charge in [-0.1, -0.05) is 163 Å². The predicted octanol–water partition coefficient (Wildman–Crippen LogP) is 14.5. The van der Waals surface area contributed by atoms with Gasteiger partial charge in [0.25, 0.3) is 0 Å². The average molecular weight is 874 g/mol. The van der Waals surface area contributed by atoms with Crippen LogP contribution in [-0.4, -0.2) is 92.0 Å². The summed E-state index contributed by atoms with van der Waals surface area (Å²) in [6.45, 7) is 13.2. The van der Waals surface area contributed by atoms with Gasteiger partial charge in [-0.15, -0.1) is 0 Å². The lowest BCUT2D eigenvalue weighted by Crippen LogP contribution is -2.38. The van der Waals surface area contributed by atoms with Gasteiger partial charge >= 0.3 is 11.9 Å². The summed E-state index contributed by atoms with van der Waals surface area (Å²) < 4.78 is 11.9. The lowest BCUT2D eigenvalue weighted by molar-refractivity contribution is -0.150. The van der Waals surface area contributed by atoms with Gasteiger partial charge in [-0.25, -0.2) is 0 Å². The number of Topliss-reactive ketones (excluding diaryl/α,β-unsaturated/α-hetero) is 1. The van der Waals surface area contributed by atoms with Crippen molar-refractivity contribution in [2.75, 3.05) is 47.3 Å². The van der Waals surface area contributed by atoms with E-state index in [1.165, 1.54) is 147 Å². The van der Waals surface area contributed by atoms with Crippen LogP contribution in [0.2, 0.25) is 0 Å². The molecule has 0 bridgehead atoms. The number of allylic oxidation sites excluding steroid dienone is 2. The van der Waals surface area contributed by atoms with E-state index in [2.05, 4.69) is 44.5 Å². The molecule has 1 unspecified atom stereocenters. The van der Waals surface area contributed by atoms with Gasteiger partial charge in [0.2, 0.25) is 0 Å². The Balaban J connectivity index is 2.45. The molecule has 0 saturated carbocycles. The lowest BCUT2D eigenvalue weighted by Gasteiger charge is -2.35. The van der Waals surface area contributed by atoms with E-state index < -0.39 is 0 Å². The second kappa shape index (κ2) is 40.4. The average Bonchev–Trinajstić information content (AvgIpc) is 3.24. The first-order valence-electron chi connectivity index (χ1n) is 26.9. The topological polar surface area (TPSA) is 79.4 Å². The number of nitrogens with zero attached hydrogens (tertiary/aromatic N) is 3. The predicted molar refractivity (Wildman–Crippen MR) is 263 cm³/mol. The molecule has 0 spiro atoms. The highest BCUT2D eigenvalue weighted by Gasteiger charge is 2.31. The Morgan fingerprint density at radius 1 is 0.468 bits per heavy atom. The van der Waals surface area contributed by atoms with E-state index in [1.54, 1.807) is 0 Å². The summed E-state index contributed by atoms with van der Waals surface area (Å²) in [6.07, 6.45) is 41.0. The third-order valence-corrected chi connectivity index (χ3v) is 13.1. The highest BCUT2D eigenvalue weighted by Crippen LogP contribution is 2.28. The van der Waals surface area contributed by atoms with Gasteiger partial charge < -0.3 is 24.2 Å². The van der Waals surface area contributed by atoms with Crippen LogP contribution in [0.1, 0.15) is 259 Å². The van der Waals surface area contributed by atoms with E-state index >= 15 is 0 Å². The number of rotatable bonds is 46. The number of hydrogen-bond acceptors (Lipinski definition) is 8. The third kappa shape index (κ3) is 30.9. The first kappa shape index (κ1) is 57.9. The molecule has 0 aromatic rings. The number of likely N-dealkylation sites (N-methyl/N-ethyl adjacent to an activating group) is 1. The van der Waals surface area contributed by atoms with E-state index in [4.69, 9.17) is 9.47 Å². The van der Waals surface area contributed by atoms with Crippen LogP contribution in [0, 0.1) is 0 Å². The van der Waals surface area contributed by atoms with Crippen LogP contribution in [0.3, 0.4) is 0 Å². The van der Waals surface area contributed by atoms with Crippen molar-refractivity contribution in [2.45, 2.75) is 271 Å². The first-order valence-corrected chi connectivity index (χ1v) is 26.9. The first-order chi connectivity index (χ1) is 30.2. The summed E-state index contributed by atoms with van der Waals surface area (Å²) >= 11 is 0. The molecule has 0 amide bonds. The highest BCUT2D eigenvalue weighted by molar-refractivity contribution is 6.03. The molecule has 0 aromatic heterocycles. The molecule has 8 heteroatoms. The fourth-order valence-electron chi connectivity index (χ4n) is 9.02. The van der Waals surface area contributed by atoms with Crippen molar-refractivity contribution in [2.24, 2.45) is 0 Å². The van der Waals surface area contributed by atoms with Crippen molar-refractivity contribution in [3.05, 3.63) is 11.4 Å². The number of ketones is 1. The molecule has 0 aliphatic heterocycles. The Morgan fingerprint density at radius 2 is 0.839 bits per heavy atom. The van der Waals surface area contributed by atoms with Crippen LogP contribution in [0.15, 0.2) is 11.4 Å². The van der Waals surface area contributed by atoms with Gasteiger partial charge in [0.15, 0.2) is 5.78 Å². The minimum absolute atomic E-state index is 0.00936. The molecule has 0 fully saturated rings. The molecular weight excluding hydrogens is 771 g/mol. The summed E-state index contributed by atoms with van der Waals surface area (Å²) in [5.41, 5.74) is 2.04. The summed E-state index contributed by atoms with van der Waals surface area (Å²) in [7, 11) is 6.05. The molecule has 0 N–H and O–H groups in total. The molecule has 1 aliphatic rings. The number of unbranched alkanes of at least 4 members (excludes halogenated alkanes) is 23. The second-order valence-electron chi connectivity index (χ2n) is 19.2. The van der Waals surface area contributed by atoms with Crippen molar-refractivity contribution in [1.82, 2.24) is 14.7 Å². The molecule has 8 nitrogen and oxygen atoms in total. The van der Waals surface area contributed by atoms with Crippen molar-refractivity contribution >= 4 is 17.7 Å². The second-order valence-corrected chi connectivity index (χ2v) is 19.2. The maximum atomic E-state index is 12.9. The van der Waals surface area contributed by atoms with Crippen molar-refractivity contribution in [3.8, 4) is 0 Å². The molecule has 62 heavy (non-hydrogen) atoms. The zero-order valence-corrected chi connectivity index (χ0v) is 42.3. The van der Waals surface area contributed by atoms with Gasteiger partial charge in [0.1, 0.15) is 17.9 Å². The summed E-state index contributed by atoms with van der Waals surface area (Å²) in [5, 5.41) is 0. The molecule has 0 saturated heterocycles. The van der Waals surface area contributed by atoms with Gasteiger partial charge in [-0.05, 0) is 96.7 Å². The minimum atomic E-state index is -0.00936. The van der Waals surface area contributed by atoms with E-state index in [-0.39, 0.29) is 29.9 Å². The summed E-state index contributed by atoms with van der Waals surface area (Å²) in [5.74, 6) is 0.258. The normalized spacial score (nSPS) is 13.3. The van der Waals surface area contributed by atoms with Crippen LogP contribution in [0.4, 0.5) is 0 Å². The fraction of sp³-hybridized carbons (Fsp3) is 0.907. The Labute approximate surface area is 384 Å². The van der Waals surface area contributed by atoms with Gasteiger partial charge in [-0.2, -0.15) is 0 Å². The highest BCUT2D eigenvalue weighted by atomic mass is 16.5. The van der Waals surface area contributed by atoms with Gasteiger partial charge in [0, 0.05) is 46.2 Å².